The second-order valence-corrected chi connectivity index (χ2v) is 20.4. The molecule has 5 N–H and O–H groups in total. The van der Waals surface area contributed by atoms with Crippen molar-refractivity contribution >= 4 is 121 Å². The number of hydrogen-bond acceptors (Lipinski definition) is 18. The molecule has 0 unspecified atom stereocenters. The monoisotopic (exact) mass is 1010 g/mol. The van der Waals surface area contributed by atoms with Crippen LogP contribution in [0.4, 0.5) is 57.4 Å². The van der Waals surface area contributed by atoms with Crippen LogP contribution in [0.1, 0.15) is 27.7 Å². The maximum Gasteiger partial charge on any atom is 0.296 e. The summed E-state index contributed by atoms with van der Waals surface area (Å²) in [7, 11) is -13.8. The number of thioether (sulfide) groups is 1. The molecule has 7 aromatic rings. The van der Waals surface area contributed by atoms with Gasteiger partial charge in [0.15, 0.2) is 5.16 Å². The first kappa shape index (κ1) is 50.2. The number of hydrogen-bond donors (Lipinski definition) is 5. The molecule has 1 aromatic heterocycles. The smallest absolute Gasteiger partial charge is 0.296 e. The molecular weight excluding hydrogens is 967 g/mol. The Hall–Kier alpha value is -6.67. The summed E-state index contributed by atoms with van der Waals surface area (Å²) in [5.74, 6) is -0.871. The second-order valence-electron chi connectivity index (χ2n) is 15.0. The minimum atomic E-state index is -4.73. The fraction of sp³-hybridized carbons (Fsp3) is 0.222. The number of rotatable bonds is 20. The van der Waals surface area contributed by atoms with E-state index in [1.165, 1.54) is 12.1 Å². The lowest BCUT2D eigenvalue weighted by Crippen LogP contribution is -2.21. The summed E-state index contributed by atoms with van der Waals surface area (Å²) < 4.78 is 103. The molecule has 360 valence electrons. The van der Waals surface area contributed by atoms with Crippen LogP contribution in [0, 0.1) is 0 Å². The number of benzene rings is 6. The topological polar surface area (TPSA) is 282 Å². The van der Waals surface area contributed by atoms with E-state index in [1.807, 2.05) is 39.8 Å². The minimum absolute atomic E-state index is 0.0342. The zero-order valence-electron chi connectivity index (χ0n) is 37.6. The van der Waals surface area contributed by atoms with Crippen molar-refractivity contribution in [2.24, 2.45) is 20.5 Å². The Labute approximate surface area is 403 Å². The minimum Gasteiger partial charge on any atom is -0.372 e. The molecule has 24 heteroatoms. The van der Waals surface area contributed by atoms with Gasteiger partial charge in [0.2, 0.25) is 11.9 Å². The molecule has 6 aromatic carbocycles. The van der Waals surface area contributed by atoms with Crippen molar-refractivity contribution in [3.63, 3.8) is 0 Å². The van der Waals surface area contributed by atoms with Crippen LogP contribution in [0.3, 0.4) is 0 Å². The van der Waals surface area contributed by atoms with Gasteiger partial charge >= 0.3 is 0 Å². The number of aromatic nitrogens is 3. The van der Waals surface area contributed by atoms with Gasteiger partial charge in [-0.1, -0.05) is 72.4 Å². The van der Waals surface area contributed by atoms with Crippen LogP contribution >= 0.6 is 11.8 Å². The van der Waals surface area contributed by atoms with Crippen molar-refractivity contribution in [3.05, 3.63) is 109 Å². The molecule has 0 saturated heterocycles. The van der Waals surface area contributed by atoms with Gasteiger partial charge in [-0.05, 0) is 87.0 Å². The lowest BCUT2D eigenvalue weighted by molar-refractivity contribution is 0.481. The van der Waals surface area contributed by atoms with Crippen molar-refractivity contribution in [1.29, 1.82) is 0 Å². The molecule has 7 rings (SSSR count). The van der Waals surface area contributed by atoms with Crippen LogP contribution in [0.5, 0.6) is 0 Å². The third-order valence-electron chi connectivity index (χ3n) is 10.7. The molecule has 0 spiro atoms. The van der Waals surface area contributed by atoms with Crippen LogP contribution in [-0.2, 0) is 30.4 Å². The third kappa shape index (κ3) is 12.3. The SMILES string of the molecule is CCN(CC)c1ccc(N=Nc2c(S(=O)(=O)O)ccc3ccccc23)c(Nc2nc(Nc3cc(N(CC)CC)ccc3N=Nc3c(S(=O)(=O)O)ccc4ccccc34)nc(SCCS(=O)(=O)O)n2)c1. The molecule has 0 aliphatic carbocycles. The summed E-state index contributed by atoms with van der Waals surface area (Å²) in [6.07, 6.45) is 0. The van der Waals surface area contributed by atoms with Gasteiger partial charge in [0.25, 0.3) is 30.4 Å². The van der Waals surface area contributed by atoms with Crippen LogP contribution < -0.4 is 20.4 Å². The third-order valence-corrected chi connectivity index (χ3v) is 14.3. The molecule has 0 aliphatic rings. The predicted molar refractivity (Wildman–Crippen MR) is 269 cm³/mol. The highest BCUT2D eigenvalue weighted by atomic mass is 32.2. The van der Waals surface area contributed by atoms with Gasteiger partial charge in [0, 0.05) is 54.1 Å². The largest absolute Gasteiger partial charge is 0.372 e. The first-order valence-electron chi connectivity index (χ1n) is 21.4. The fourth-order valence-electron chi connectivity index (χ4n) is 7.31. The average Bonchev–Trinajstić information content (AvgIpc) is 3.30. The Morgan fingerprint density at radius 1 is 0.536 bits per heavy atom. The highest BCUT2D eigenvalue weighted by molar-refractivity contribution is 8.00. The summed E-state index contributed by atoms with van der Waals surface area (Å²) >= 11 is 0.918. The zero-order valence-corrected chi connectivity index (χ0v) is 40.8. The highest BCUT2D eigenvalue weighted by Gasteiger charge is 2.21. The van der Waals surface area contributed by atoms with Crippen molar-refractivity contribution in [2.75, 3.05) is 58.1 Å². The van der Waals surface area contributed by atoms with E-state index in [0.29, 0.717) is 59.1 Å². The Morgan fingerprint density at radius 3 is 1.35 bits per heavy atom. The molecule has 0 fully saturated rings. The molecule has 0 bridgehead atoms. The summed E-state index contributed by atoms with van der Waals surface area (Å²) in [5.41, 5.74) is 2.40. The van der Waals surface area contributed by atoms with Crippen LogP contribution in [-0.4, -0.2) is 91.5 Å². The van der Waals surface area contributed by atoms with Crippen molar-refractivity contribution in [2.45, 2.75) is 42.6 Å². The standard InChI is InChI=1S/C45H47N11O9S4/c1-5-55(6-2)31-19-21-35(51-53-41-33-15-11-9-13-29(33)17-23-39(41)68(60,61)62)37(27-31)46-43-48-44(50-45(49-43)66-25-26-67(57,58)59)47-38-28-32(56(7-3)8-4)20-22-36(38)52-54-42-34-16-12-10-14-30(34)18-24-40(42)69(63,64)65/h9-24,27-28H,5-8,25-26H2,1-4H3,(H,57,58,59)(H,60,61,62)(H,63,64,65)(H2,46,47,48,49,50). The average molecular weight is 1010 g/mol. The van der Waals surface area contributed by atoms with Crippen LogP contribution in [0.2, 0.25) is 0 Å². The molecule has 0 atom stereocenters. The van der Waals surface area contributed by atoms with Gasteiger partial charge in [-0.3, -0.25) is 13.7 Å². The Kier molecular flexibility index (Phi) is 15.5. The summed E-state index contributed by atoms with van der Waals surface area (Å²) in [6.45, 7) is 10.5. The first-order chi connectivity index (χ1) is 32.9. The quantitative estimate of drug-likeness (QED) is 0.0269. The van der Waals surface area contributed by atoms with Gasteiger partial charge < -0.3 is 20.4 Å². The number of nitrogens with one attached hydrogen (secondary N) is 2. The van der Waals surface area contributed by atoms with E-state index < -0.39 is 45.9 Å². The molecule has 0 saturated carbocycles. The number of fused-ring (bicyclic) bond motifs is 2. The van der Waals surface area contributed by atoms with Crippen molar-refractivity contribution in [1.82, 2.24) is 15.0 Å². The predicted octanol–water partition coefficient (Wildman–Crippen LogP) is 10.7. The normalized spacial score (nSPS) is 12.3. The molecule has 1 heterocycles. The van der Waals surface area contributed by atoms with Gasteiger partial charge in [0.1, 0.15) is 32.5 Å². The summed E-state index contributed by atoms with van der Waals surface area (Å²) in [6, 6.07) is 29.9. The van der Waals surface area contributed by atoms with E-state index in [4.69, 9.17) is 0 Å². The van der Waals surface area contributed by atoms with Crippen LogP contribution in [0.15, 0.2) is 145 Å². The van der Waals surface area contributed by atoms with E-state index >= 15 is 0 Å². The first-order valence-corrected chi connectivity index (χ1v) is 26.8. The van der Waals surface area contributed by atoms with Gasteiger partial charge in [-0.15, -0.1) is 20.5 Å². The van der Waals surface area contributed by atoms with Gasteiger partial charge in [-0.25, -0.2) is 0 Å². The maximum atomic E-state index is 12.5. The van der Waals surface area contributed by atoms with E-state index in [-0.39, 0.29) is 45.6 Å². The fourth-order valence-corrected chi connectivity index (χ4v) is 10.2. The van der Waals surface area contributed by atoms with Crippen molar-refractivity contribution < 1.29 is 38.9 Å². The molecule has 0 aliphatic heterocycles. The Morgan fingerprint density at radius 2 is 0.957 bits per heavy atom. The number of nitrogens with zero attached hydrogens (tertiary/aromatic N) is 9. The van der Waals surface area contributed by atoms with Gasteiger partial charge in [0.05, 0.1) is 17.1 Å². The Balaban J connectivity index is 1.36. The lowest BCUT2D eigenvalue weighted by Gasteiger charge is -2.22. The highest BCUT2D eigenvalue weighted by Crippen LogP contribution is 2.40. The Bertz CT molecular complexity index is 3240. The van der Waals surface area contributed by atoms with Gasteiger partial charge in [-0.2, -0.15) is 40.2 Å². The summed E-state index contributed by atoms with van der Waals surface area (Å²) in [4.78, 5) is 17.1. The number of azo groups is 2. The number of anilines is 6. The molecular formula is C45H47N11O9S4. The lowest BCUT2D eigenvalue weighted by atomic mass is 10.1. The van der Waals surface area contributed by atoms with E-state index in [2.05, 4.69) is 55.8 Å². The molecule has 0 radical (unpaired) electrons. The van der Waals surface area contributed by atoms with E-state index in [9.17, 15) is 38.9 Å². The maximum absolute atomic E-state index is 12.5. The molecule has 0 amide bonds. The van der Waals surface area contributed by atoms with Crippen LogP contribution in [0.25, 0.3) is 21.5 Å². The zero-order chi connectivity index (χ0) is 49.5. The molecule has 69 heavy (non-hydrogen) atoms. The summed E-state index contributed by atoms with van der Waals surface area (Å²) in [5, 5.41) is 26.3. The van der Waals surface area contributed by atoms with Crippen molar-refractivity contribution in [3.8, 4) is 0 Å². The second kappa shape index (κ2) is 21.3. The van der Waals surface area contributed by atoms with E-state index in [0.717, 1.165) is 23.1 Å². The molecule has 20 nitrogen and oxygen atoms in total. The van der Waals surface area contributed by atoms with E-state index in [1.54, 1.807) is 84.9 Å².